The van der Waals surface area contributed by atoms with Gasteiger partial charge >= 0.3 is 0 Å². The van der Waals surface area contributed by atoms with Crippen molar-refractivity contribution in [3.8, 4) is 11.5 Å². The minimum Gasteiger partial charge on any atom is -0.497 e. The monoisotopic (exact) mass is 383 g/mol. The number of nitrogens with zero attached hydrogens (tertiary/aromatic N) is 1. The van der Waals surface area contributed by atoms with Gasteiger partial charge in [0.25, 0.3) is 0 Å². The van der Waals surface area contributed by atoms with Crippen molar-refractivity contribution in [1.29, 1.82) is 0 Å². The Labute approximate surface area is 164 Å². The number of nitrogens with one attached hydrogen (secondary N) is 2. The summed E-state index contributed by atoms with van der Waals surface area (Å²) >= 11 is 0. The highest BCUT2D eigenvalue weighted by Gasteiger charge is 2.10. The molecule has 0 aliphatic rings. The van der Waals surface area contributed by atoms with E-state index in [9.17, 15) is 9.59 Å². The lowest BCUT2D eigenvalue weighted by Crippen LogP contribution is -2.22. The molecule has 0 spiro atoms. The molecule has 0 aliphatic heterocycles. The van der Waals surface area contributed by atoms with Crippen molar-refractivity contribution in [2.45, 2.75) is 26.7 Å². The van der Waals surface area contributed by atoms with Gasteiger partial charge in [0.2, 0.25) is 11.8 Å². The summed E-state index contributed by atoms with van der Waals surface area (Å²) in [6, 6.07) is 12.8. The molecule has 0 aromatic heterocycles. The van der Waals surface area contributed by atoms with Crippen molar-refractivity contribution in [2.75, 3.05) is 19.5 Å². The van der Waals surface area contributed by atoms with Gasteiger partial charge in [0, 0.05) is 30.2 Å². The fourth-order valence-corrected chi connectivity index (χ4v) is 2.53. The van der Waals surface area contributed by atoms with Crippen molar-refractivity contribution in [3.05, 3.63) is 53.6 Å². The van der Waals surface area contributed by atoms with E-state index in [1.54, 1.807) is 45.4 Å². The number of methoxy groups -OCH3 is 2. The molecule has 28 heavy (non-hydrogen) atoms. The Kier molecular flexibility index (Phi) is 7.56. The van der Waals surface area contributed by atoms with Gasteiger partial charge < -0.3 is 14.8 Å². The fraction of sp³-hybridized carbons (Fsp3) is 0.286. The zero-order valence-electron chi connectivity index (χ0n) is 16.5. The Bertz CT molecular complexity index is 878. The maximum Gasteiger partial charge on any atom is 0.240 e. The van der Waals surface area contributed by atoms with E-state index in [0.29, 0.717) is 22.9 Å². The quantitative estimate of drug-likeness (QED) is 0.541. The minimum absolute atomic E-state index is 0.0359. The van der Waals surface area contributed by atoms with E-state index in [4.69, 9.17) is 9.47 Å². The molecule has 7 heteroatoms. The molecule has 0 bridgehead atoms. The number of carbonyl (C=O) groups excluding carboxylic acids is 2. The maximum absolute atomic E-state index is 12.0. The van der Waals surface area contributed by atoms with Crippen molar-refractivity contribution < 1.29 is 19.1 Å². The van der Waals surface area contributed by atoms with Crippen LogP contribution in [0.3, 0.4) is 0 Å². The predicted molar refractivity (Wildman–Crippen MR) is 109 cm³/mol. The van der Waals surface area contributed by atoms with E-state index in [2.05, 4.69) is 15.8 Å². The molecule has 0 aliphatic carbocycles. The fourth-order valence-electron chi connectivity index (χ4n) is 2.53. The number of hydrazone groups is 1. The van der Waals surface area contributed by atoms with Crippen molar-refractivity contribution in [2.24, 2.45) is 5.10 Å². The molecule has 0 fully saturated rings. The third-order valence-corrected chi connectivity index (χ3v) is 4.03. The van der Waals surface area contributed by atoms with Gasteiger partial charge in [-0.2, -0.15) is 5.10 Å². The lowest BCUT2D eigenvalue weighted by molar-refractivity contribution is -0.124. The standard InChI is InChI=1S/C21H25N3O4/c1-14-6-5-7-16(12-14)22-20(25)10-11-21(26)24-23-15(2)18-9-8-17(27-3)13-19(18)28-4/h5-9,12-13H,10-11H2,1-4H3,(H,22,25)(H,24,26). The van der Waals surface area contributed by atoms with Crippen molar-refractivity contribution in [1.82, 2.24) is 5.43 Å². The first-order chi connectivity index (χ1) is 13.4. The second-order valence-corrected chi connectivity index (χ2v) is 6.22. The number of rotatable bonds is 8. The number of hydrogen-bond acceptors (Lipinski definition) is 5. The number of ether oxygens (including phenoxy) is 2. The zero-order valence-corrected chi connectivity index (χ0v) is 16.5. The van der Waals surface area contributed by atoms with Crippen LogP contribution in [0.25, 0.3) is 0 Å². The number of amides is 2. The minimum atomic E-state index is -0.341. The van der Waals surface area contributed by atoms with Crippen LogP contribution >= 0.6 is 0 Å². The number of anilines is 1. The normalized spacial score (nSPS) is 10.9. The second kappa shape index (κ2) is 10.1. The van der Waals surface area contributed by atoms with Gasteiger partial charge in [0.05, 0.1) is 19.9 Å². The molecule has 0 radical (unpaired) electrons. The molecular formula is C21H25N3O4. The zero-order chi connectivity index (χ0) is 20.5. The van der Waals surface area contributed by atoms with E-state index < -0.39 is 0 Å². The molecule has 2 aromatic rings. The predicted octanol–water partition coefficient (Wildman–Crippen LogP) is 3.27. The molecule has 0 saturated heterocycles. The van der Waals surface area contributed by atoms with Gasteiger partial charge in [-0.25, -0.2) is 5.43 Å². The van der Waals surface area contributed by atoms with Gasteiger partial charge in [0.1, 0.15) is 11.5 Å². The van der Waals surface area contributed by atoms with E-state index in [1.165, 1.54) is 0 Å². The van der Waals surface area contributed by atoms with Crippen LogP contribution in [-0.2, 0) is 9.59 Å². The topological polar surface area (TPSA) is 89.0 Å². The maximum atomic E-state index is 12.0. The van der Waals surface area contributed by atoms with Gasteiger partial charge in [-0.15, -0.1) is 0 Å². The molecule has 148 valence electrons. The summed E-state index contributed by atoms with van der Waals surface area (Å²) in [7, 11) is 3.13. The Morgan fingerprint density at radius 2 is 1.75 bits per heavy atom. The van der Waals surface area contributed by atoms with Gasteiger partial charge in [-0.05, 0) is 43.7 Å². The van der Waals surface area contributed by atoms with Crippen LogP contribution in [0, 0.1) is 6.92 Å². The van der Waals surface area contributed by atoms with Crippen LogP contribution in [0.5, 0.6) is 11.5 Å². The Balaban J connectivity index is 1.88. The van der Waals surface area contributed by atoms with Crippen molar-refractivity contribution >= 4 is 23.2 Å². The lowest BCUT2D eigenvalue weighted by Gasteiger charge is -2.10. The summed E-state index contributed by atoms with van der Waals surface area (Å²) < 4.78 is 10.5. The molecule has 0 saturated carbocycles. The highest BCUT2D eigenvalue weighted by atomic mass is 16.5. The Morgan fingerprint density at radius 1 is 1.00 bits per heavy atom. The van der Waals surface area contributed by atoms with Crippen LogP contribution in [0.2, 0.25) is 0 Å². The van der Waals surface area contributed by atoms with Gasteiger partial charge in [-0.1, -0.05) is 12.1 Å². The lowest BCUT2D eigenvalue weighted by atomic mass is 10.1. The molecule has 0 unspecified atom stereocenters. The van der Waals surface area contributed by atoms with Gasteiger partial charge in [-0.3, -0.25) is 9.59 Å². The Morgan fingerprint density at radius 3 is 2.43 bits per heavy atom. The molecule has 2 amide bonds. The van der Waals surface area contributed by atoms with Crippen LogP contribution in [0.4, 0.5) is 5.69 Å². The summed E-state index contributed by atoms with van der Waals surface area (Å²) in [5, 5.41) is 6.87. The molecular weight excluding hydrogens is 358 g/mol. The smallest absolute Gasteiger partial charge is 0.240 e. The summed E-state index contributed by atoms with van der Waals surface area (Å²) in [6.45, 7) is 3.70. The summed E-state index contributed by atoms with van der Waals surface area (Å²) in [5.74, 6) is 0.689. The summed E-state index contributed by atoms with van der Waals surface area (Å²) in [5.41, 5.74) is 5.55. The number of hydrogen-bond donors (Lipinski definition) is 2. The Hall–Kier alpha value is -3.35. The van der Waals surface area contributed by atoms with Crippen LogP contribution in [0.15, 0.2) is 47.6 Å². The van der Waals surface area contributed by atoms with Crippen LogP contribution in [0.1, 0.15) is 30.9 Å². The molecule has 0 atom stereocenters. The highest BCUT2D eigenvalue weighted by molar-refractivity contribution is 6.02. The molecule has 2 rings (SSSR count). The van der Waals surface area contributed by atoms with E-state index in [-0.39, 0.29) is 24.7 Å². The highest BCUT2D eigenvalue weighted by Crippen LogP contribution is 2.25. The van der Waals surface area contributed by atoms with E-state index >= 15 is 0 Å². The number of carbonyl (C=O) groups is 2. The largest absolute Gasteiger partial charge is 0.497 e. The average Bonchev–Trinajstić information content (AvgIpc) is 2.69. The number of aryl methyl sites for hydroxylation is 1. The molecule has 2 aromatic carbocycles. The van der Waals surface area contributed by atoms with Gasteiger partial charge in [0.15, 0.2) is 0 Å². The number of benzene rings is 2. The third-order valence-electron chi connectivity index (χ3n) is 4.03. The van der Waals surface area contributed by atoms with E-state index in [1.807, 2.05) is 25.1 Å². The van der Waals surface area contributed by atoms with Crippen LogP contribution in [-0.4, -0.2) is 31.7 Å². The summed E-state index contributed by atoms with van der Waals surface area (Å²) in [4.78, 5) is 24.0. The summed E-state index contributed by atoms with van der Waals surface area (Å²) in [6.07, 6.45) is 0.106. The first-order valence-electron chi connectivity index (χ1n) is 8.85. The molecule has 0 heterocycles. The molecule has 2 N–H and O–H groups in total. The third kappa shape index (κ3) is 6.12. The molecule has 7 nitrogen and oxygen atoms in total. The van der Waals surface area contributed by atoms with Crippen molar-refractivity contribution in [3.63, 3.8) is 0 Å². The SMILES string of the molecule is COc1ccc(C(C)=NNC(=O)CCC(=O)Nc2cccc(C)c2)c(OC)c1. The van der Waals surface area contributed by atoms with E-state index in [0.717, 1.165) is 11.1 Å². The first kappa shape index (κ1) is 21.0. The van der Waals surface area contributed by atoms with Crippen LogP contribution < -0.4 is 20.2 Å². The average molecular weight is 383 g/mol. The second-order valence-electron chi connectivity index (χ2n) is 6.22. The first-order valence-corrected chi connectivity index (χ1v) is 8.85.